The van der Waals surface area contributed by atoms with Crippen LogP contribution in [0.5, 0.6) is 0 Å². The predicted molar refractivity (Wildman–Crippen MR) is 99.7 cm³/mol. The molecule has 3 amide bonds. The van der Waals surface area contributed by atoms with E-state index in [0.717, 1.165) is 11.5 Å². The Balaban J connectivity index is 1.66. The average Bonchev–Trinajstić information content (AvgIpc) is 2.95. The maximum atomic E-state index is 12.0. The second-order valence-electron chi connectivity index (χ2n) is 5.40. The van der Waals surface area contributed by atoms with E-state index < -0.39 is 12.1 Å². The van der Waals surface area contributed by atoms with Crippen molar-refractivity contribution in [1.29, 1.82) is 0 Å². The average molecular weight is 358 g/mol. The molecule has 124 valence electrons. The van der Waals surface area contributed by atoms with Crippen molar-refractivity contribution in [3.05, 3.63) is 71.8 Å². The molecule has 1 atom stereocenters. The van der Waals surface area contributed by atoms with Crippen molar-refractivity contribution in [2.45, 2.75) is 22.1 Å². The van der Waals surface area contributed by atoms with Crippen molar-refractivity contribution in [2.24, 2.45) is 0 Å². The van der Waals surface area contributed by atoms with Crippen LogP contribution in [0.3, 0.4) is 0 Å². The number of imide groups is 1. The molecule has 2 aromatic carbocycles. The first-order chi connectivity index (χ1) is 11.7. The Bertz CT molecular complexity index is 651. The number of hydrogen-bond donors (Lipinski definition) is 2. The van der Waals surface area contributed by atoms with Crippen molar-refractivity contribution in [1.82, 2.24) is 10.6 Å². The molecule has 4 nitrogen and oxygen atoms in total. The lowest BCUT2D eigenvalue weighted by molar-refractivity contribution is -0.119. The lowest BCUT2D eigenvalue weighted by Gasteiger charge is -2.20. The van der Waals surface area contributed by atoms with Crippen LogP contribution < -0.4 is 10.6 Å². The molecule has 1 unspecified atom stereocenters. The van der Waals surface area contributed by atoms with Crippen LogP contribution in [0.4, 0.5) is 4.79 Å². The van der Waals surface area contributed by atoms with E-state index in [0.29, 0.717) is 0 Å². The third-order valence-corrected chi connectivity index (χ3v) is 6.61. The Morgan fingerprint density at radius 2 is 1.33 bits per heavy atom. The standard InChI is InChI=1S/C18H18N2O2S2/c21-16-15(19-18(22)20-16)17(23-11-13-7-3-1-4-8-13)24-12-14-9-5-2-6-10-14/h1-10,15,17H,11-12H2,(H2,19,20,21,22). The van der Waals surface area contributed by atoms with E-state index in [9.17, 15) is 9.59 Å². The molecule has 0 aliphatic carbocycles. The highest BCUT2D eigenvalue weighted by atomic mass is 32.2. The number of amides is 3. The van der Waals surface area contributed by atoms with Crippen LogP contribution in [0.1, 0.15) is 11.1 Å². The van der Waals surface area contributed by atoms with Crippen LogP contribution >= 0.6 is 23.5 Å². The van der Waals surface area contributed by atoms with Gasteiger partial charge in [-0.05, 0) is 11.1 Å². The van der Waals surface area contributed by atoms with Crippen molar-refractivity contribution in [3.8, 4) is 0 Å². The van der Waals surface area contributed by atoms with Crippen molar-refractivity contribution in [3.63, 3.8) is 0 Å². The number of carbonyl (C=O) groups excluding carboxylic acids is 2. The van der Waals surface area contributed by atoms with Crippen LogP contribution in [0, 0.1) is 0 Å². The lowest BCUT2D eigenvalue weighted by atomic mass is 10.2. The number of hydrogen-bond acceptors (Lipinski definition) is 4. The van der Waals surface area contributed by atoms with Gasteiger partial charge in [0.2, 0.25) is 0 Å². The molecule has 1 aliphatic rings. The van der Waals surface area contributed by atoms with Crippen molar-refractivity contribution < 1.29 is 9.59 Å². The Labute approximate surface area is 149 Å². The monoisotopic (exact) mass is 358 g/mol. The normalized spacial score (nSPS) is 17.0. The van der Waals surface area contributed by atoms with E-state index in [1.165, 1.54) is 11.1 Å². The Hall–Kier alpha value is -1.92. The van der Waals surface area contributed by atoms with Gasteiger partial charge in [-0.2, -0.15) is 0 Å². The highest BCUT2D eigenvalue weighted by Gasteiger charge is 2.36. The largest absolute Gasteiger partial charge is 0.324 e. The molecular formula is C18H18N2O2S2. The number of rotatable bonds is 7. The summed E-state index contributed by atoms with van der Waals surface area (Å²) < 4.78 is -0.0446. The highest BCUT2D eigenvalue weighted by Crippen LogP contribution is 2.33. The molecule has 0 spiro atoms. The molecule has 3 rings (SSSR count). The summed E-state index contributed by atoms with van der Waals surface area (Å²) in [4.78, 5) is 23.5. The third kappa shape index (κ3) is 4.55. The minimum Gasteiger partial charge on any atom is -0.324 e. The van der Waals surface area contributed by atoms with Crippen molar-refractivity contribution in [2.75, 3.05) is 0 Å². The number of carbonyl (C=O) groups is 2. The molecule has 0 radical (unpaired) electrons. The Morgan fingerprint density at radius 1 is 0.833 bits per heavy atom. The van der Waals surface area contributed by atoms with Gasteiger partial charge in [-0.25, -0.2) is 4.79 Å². The molecule has 2 aromatic rings. The van der Waals surface area contributed by atoms with Gasteiger partial charge < -0.3 is 5.32 Å². The van der Waals surface area contributed by atoms with Crippen LogP contribution in [-0.2, 0) is 16.3 Å². The van der Waals surface area contributed by atoms with Gasteiger partial charge >= 0.3 is 6.03 Å². The molecule has 1 saturated heterocycles. The molecule has 1 aliphatic heterocycles. The number of benzene rings is 2. The van der Waals surface area contributed by atoms with Gasteiger partial charge in [-0.3, -0.25) is 10.1 Å². The van der Waals surface area contributed by atoms with Crippen LogP contribution in [0.25, 0.3) is 0 Å². The van der Waals surface area contributed by atoms with E-state index >= 15 is 0 Å². The summed E-state index contributed by atoms with van der Waals surface area (Å²) >= 11 is 3.37. The summed E-state index contributed by atoms with van der Waals surface area (Å²) in [5.74, 6) is 1.35. The summed E-state index contributed by atoms with van der Waals surface area (Å²) in [7, 11) is 0. The highest BCUT2D eigenvalue weighted by molar-refractivity contribution is 8.16. The fraction of sp³-hybridized carbons (Fsp3) is 0.222. The van der Waals surface area contributed by atoms with Gasteiger partial charge in [0.1, 0.15) is 6.04 Å². The SMILES string of the molecule is O=C1NC(=O)C(C(SCc2ccccc2)SCc2ccccc2)N1. The predicted octanol–water partition coefficient (Wildman–Crippen LogP) is 3.39. The minimum atomic E-state index is -0.500. The second kappa shape index (κ2) is 8.26. The van der Waals surface area contributed by atoms with E-state index in [4.69, 9.17) is 0 Å². The van der Waals surface area contributed by atoms with Crippen LogP contribution in [0.15, 0.2) is 60.7 Å². The molecule has 1 fully saturated rings. The molecule has 0 aromatic heterocycles. The van der Waals surface area contributed by atoms with E-state index in [2.05, 4.69) is 34.9 Å². The number of urea groups is 1. The van der Waals surface area contributed by atoms with Gasteiger partial charge in [-0.1, -0.05) is 60.7 Å². The third-order valence-electron chi connectivity index (χ3n) is 3.59. The summed E-state index contributed by atoms with van der Waals surface area (Å²) in [5.41, 5.74) is 2.41. The quantitative estimate of drug-likeness (QED) is 0.588. The zero-order valence-electron chi connectivity index (χ0n) is 13.0. The fourth-order valence-electron chi connectivity index (χ4n) is 2.37. The minimum absolute atomic E-state index is 0.0446. The maximum absolute atomic E-state index is 12.0. The number of thioether (sulfide) groups is 2. The Morgan fingerprint density at radius 3 is 1.75 bits per heavy atom. The molecule has 6 heteroatoms. The summed E-state index contributed by atoms with van der Waals surface area (Å²) in [6, 6.07) is 19.4. The topological polar surface area (TPSA) is 58.2 Å². The van der Waals surface area contributed by atoms with Gasteiger partial charge in [0.15, 0.2) is 0 Å². The Kier molecular flexibility index (Phi) is 5.82. The first-order valence-corrected chi connectivity index (χ1v) is 9.74. The van der Waals surface area contributed by atoms with Crippen LogP contribution in [-0.4, -0.2) is 22.6 Å². The van der Waals surface area contributed by atoms with Crippen molar-refractivity contribution >= 4 is 35.5 Å². The van der Waals surface area contributed by atoms with E-state index in [1.807, 2.05) is 36.4 Å². The van der Waals surface area contributed by atoms with Gasteiger partial charge in [0, 0.05) is 11.5 Å². The summed E-state index contributed by atoms with van der Waals surface area (Å²) in [5, 5.41) is 5.06. The van der Waals surface area contributed by atoms with Gasteiger partial charge in [0.25, 0.3) is 5.91 Å². The maximum Gasteiger partial charge on any atom is 0.322 e. The molecule has 2 N–H and O–H groups in total. The summed E-state index contributed by atoms with van der Waals surface area (Å²) in [6.45, 7) is 0. The first kappa shape index (κ1) is 16.9. The summed E-state index contributed by atoms with van der Waals surface area (Å²) in [6.07, 6.45) is 0. The number of nitrogens with one attached hydrogen (secondary N) is 2. The molecule has 24 heavy (non-hydrogen) atoms. The zero-order valence-corrected chi connectivity index (χ0v) is 14.6. The van der Waals surface area contributed by atoms with Gasteiger partial charge in [0.05, 0.1) is 4.58 Å². The molecule has 1 heterocycles. The van der Waals surface area contributed by atoms with E-state index in [1.54, 1.807) is 23.5 Å². The molecular weight excluding hydrogens is 340 g/mol. The molecule has 0 bridgehead atoms. The second-order valence-corrected chi connectivity index (χ2v) is 7.96. The van der Waals surface area contributed by atoms with E-state index in [-0.39, 0.29) is 10.5 Å². The smallest absolute Gasteiger partial charge is 0.322 e. The van der Waals surface area contributed by atoms with Gasteiger partial charge in [-0.15, -0.1) is 23.5 Å². The van der Waals surface area contributed by atoms with Crippen LogP contribution in [0.2, 0.25) is 0 Å². The zero-order chi connectivity index (χ0) is 16.8. The molecule has 0 saturated carbocycles. The fourth-order valence-corrected chi connectivity index (χ4v) is 5.03. The first-order valence-electron chi connectivity index (χ1n) is 7.65. The lowest BCUT2D eigenvalue weighted by Crippen LogP contribution is -2.37.